The molecule has 2 aliphatic rings. The van der Waals surface area contributed by atoms with Gasteiger partial charge in [0.25, 0.3) is 0 Å². The van der Waals surface area contributed by atoms with Gasteiger partial charge in [0.15, 0.2) is 0 Å². The summed E-state index contributed by atoms with van der Waals surface area (Å²) in [5.41, 5.74) is 5.57. The Bertz CT molecular complexity index is 1590. The van der Waals surface area contributed by atoms with Gasteiger partial charge >= 0.3 is 5.97 Å². The van der Waals surface area contributed by atoms with E-state index in [4.69, 9.17) is 9.72 Å². The maximum atomic E-state index is 14.3. The highest BCUT2D eigenvalue weighted by molar-refractivity contribution is 6.02. The van der Waals surface area contributed by atoms with Crippen LogP contribution in [0.2, 0.25) is 0 Å². The predicted molar refractivity (Wildman–Crippen MR) is 143 cm³/mol. The van der Waals surface area contributed by atoms with Crippen LogP contribution in [0.4, 0.5) is 10.1 Å². The number of anilines is 1. The third kappa shape index (κ3) is 4.10. The van der Waals surface area contributed by atoms with E-state index in [-0.39, 0.29) is 6.04 Å². The van der Waals surface area contributed by atoms with Crippen LogP contribution in [0.25, 0.3) is 33.3 Å². The van der Waals surface area contributed by atoms with Gasteiger partial charge in [0.2, 0.25) is 0 Å². The molecule has 0 radical (unpaired) electrons. The number of pyridine rings is 1. The molecule has 1 aromatic heterocycles. The topological polar surface area (TPSA) is 83.8 Å². The van der Waals surface area contributed by atoms with Gasteiger partial charge in [0.1, 0.15) is 23.1 Å². The van der Waals surface area contributed by atoms with Crippen molar-refractivity contribution in [1.29, 1.82) is 0 Å². The third-order valence-electron chi connectivity index (χ3n) is 7.08. The fraction of sp³-hybridized carbons (Fsp3) is 0.233. The van der Waals surface area contributed by atoms with Gasteiger partial charge in [0, 0.05) is 28.3 Å². The molecular formula is C30H26FN3O3. The van der Waals surface area contributed by atoms with Crippen LogP contribution in [0.15, 0.2) is 65.7 Å². The number of carbonyl (C=O) groups is 1. The van der Waals surface area contributed by atoms with Gasteiger partial charge < -0.3 is 15.2 Å². The predicted octanol–water partition coefficient (Wildman–Crippen LogP) is 6.57. The zero-order chi connectivity index (χ0) is 25.7. The Morgan fingerprint density at radius 2 is 1.92 bits per heavy atom. The molecule has 0 bridgehead atoms. The van der Waals surface area contributed by atoms with Crippen LogP contribution in [0.1, 0.15) is 36.9 Å². The van der Waals surface area contributed by atoms with E-state index >= 15 is 0 Å². The van der Waals surface area contributed by atoms with Gasteiger partial charge in [-0.1, -0.05) is 36.4 Å². The quantitative estimate of drug-likeness (QED) is 0.289. The zero-order valence-electron chi connectivity index (χ0n) is 20.6. The highest BCUT2D eigenvalue weighted by Crippen LogP contribution is 2.47. The van der Waals surface area contributed by atoms with E-state index in [0.717, 1.165) is 33.6 Å². The lowest BCUT2D eigenvalue weighted by molar-refractivity contribution is -0.138. The van der Waals surface area contributed by atoms with Crippen LogP contribution >= 0.6 is 0 Å². The molecule has 0 saturated heterocycles. The summed E-state index contributed by atoms with van der Waals surface area (Å²) >= 11 is 0. The number of aliphatic imine (C=N–C) groups is 1. The average molecular weight is 496 g/mol. The number of ether oxygens (including phenoxy) is 1. The largest absolute Gasteiger partial charge is 0.493 e. The molecule has 1 saturated carbocycles. The molecule has 1 unspecified atom stereocenters. The van der Waals surface area contributed by atoms with Gasteiger partial charge in [-0.25, -0.2) is 14.2 Å². The van der Waals surface area contributed by atoms with Crippen LogP contribution in [0.3, 0.4) is 0 Å². The molecule has 2 N–H and O–H groups in total. The first kappa shape index (κ1) is 23.2. The molecule has 1 atom stereocenters. The Hall–Kier alpha value is -4.26. The van der Waals surface area contributed by atoms with Gasteiger partial charge in [-0.05, 0) is 62.1 Å². The molecule has 1 aliphatic carbocycles. The monoisotopic (exact) mass is 495 g/mol. The minimum absolute atomic E-state index is 0.236. The van der Waals surface area contributed by atoms with E-state index in [1.807, 2.05) is 50.2 Å². The van der Waals surface area contributed by atoms with E-state index in [1.54, 1.807) is 12.3 Å². The summed E-state index contributed by atoms with van der Waals surface area (Å²) in [5.74, 6) is -0.488. The lowest BCUT2D eigenvalue weighted by atomic mass is 9.92. The molecule has 186 valence electrons. The number of benzene rings is 3. The fourth-order valence-electron chi connectivity index (χ4n) is 4.91. The van der Waals surface area contributed by atoms with Crippen LogP contribution in [0, 0.1) is 12.7 Å². The number of rotatable bonds is 8. The number of hydrogen-bond donors (Lipinski definition) is 2. The molecule has 6 nitrogen and oxygen atoms in total. The molecule has 1 fully saturated rings. The summed E-state index contributed by atoms with van der Waals surface area (Å²) in [6.45, 7) is 4.57. The number of para-hydroxylation sites is 1. The zero-order valence-corrected chi connectivity index (χ0v) is 20.6. The molecule has 0 spiro atoms. The second-order valence-electron chi connectivity index (χ2n) is 9.62. The SMILES string of the molecule is CCOc1ccccc1-c1ccc(-c2nc3ccc(F)cc3c(NC3(C(=O)O)CC3)c2C2C=N2)c(C)c1. The lowest BCUT2D eigenvalue weighted by Gasteiger charge is -2.22. The average Bonchev–Trinajstić information content (AvgIpc) is 3.81. The molecule has 3 aromatic carbocycles. The second-order valence-corrected chi connectivity index (χ2v) is 9.62. The van der Waals surface area contributed by atoms with Crippen LogP contribution < -0.4 is 10.1 Å². The van der Waals surface area contributed by atoms with Gasteiger partial charge in [-0.15, -0.1) is 0 Å². The summed E-state index contributed by atoms with van der Waals surface area (Å²) in [5, 5.41) is 13.7. The Morgan fingerprint density at radius 1 is 1.14 bits per heavy atom. The summed E-state index contributed by atoms with van der Waals surface area (Å²) in [7, 11) is 0. The van der Waals surface area contributed by atoms with E-state index < -0.39 is 17.3 Å². The Morgan fingerprint density at radius 3 is 2.59 bits per heavy atom. The Labute approximate surface area is 213 Å². The number of halogens is 1. The standard InChI is InChI=1S/C30H26FN3O3/c1-3-37-25-7-5-4-6-21(25)18-8-10-20(17(2)14-18)27-26(24-16-32-24)28(34-30(12-13-30)29(35)36)22-15-19(31)9-11-23(22)33-27/h4-11,14-16,24H,3,12-13H2,1-2H3,(H,33,34)(H,35,36). The van der Waals surface area contributed by atoms with Crippen LogP contribution in [-0.2, 0) is 4.79 Å². The maximum Gasteiger partial charge on any atom is 0.329 e. The van der Waals surface area contributed by atoms with Crippen LogP contribution in [0.5, 0.6) is 5.75 Å². The number of aryl methyl sites for hydroxylation is 1. The highest BCUT2D eigenvalue weighted by Gasteiger charge is 2.51. The van der Waals surface area contributed by atoms with E-state index in [1.165, 1.54) is 12.1 Å². The summed E-state index contributed by atoms with van der Waals surface area (Å²) in [6.07, 6.45) is 2.82. The number of aromatic nitrogens is 1. The van der Waals surface area contributed by atoms with Crippen molar-refractivity contribution in [2.75, 3.05) is 11.9 Å². The smallest absolute Gasteiger partial charge is 0.329 e. The summed E-state index contributed by atoms with van der Waals surface area (Å²) in [6, 6.07) is 18.3. The summed E-state index contributed by atoms with van der Waals surface area (Å²) < 4.78 is 20.2. The van der Waals surface area contributed by atoms with Crippen molar-refractivity contribution in [3.05, 3.63) is 77.6 Å². The number of nitrogens with one attached hydrogen (secondary N) is 1. The molecule has 2 heterocycles. The van der Waals surface area contributed by atoms with Crippen LogP contribution in [-0.4, -0.2) is 34.4 Å². The second kappa shape index (κ2) is 8.69. The van der Waals surface area contributed by atoms with Crippen molar-refractivity contribution in [3.8, 4) is 28.1 Å². The third-order valence-corrected chi connectivity index (χ3v) is 7.08. The van der Waals surface area contributed by atoms with E-state index in [9.17, 15) is 14.3 Å². The van der Waals surface area contributed by atoms with Gasteiger partial charge in [-0.2, -0.15) is 0 Å². The van der Waals surface area contributed by atoms with E-state index in [2.05, 4.69) is 16.4 Å². The molecular weight excluding hydrogens is 469 g/mol. The van der Waals surface area contributed by atoms with Crippen molar-refractivity contribution < 1.29 is 19.0 Å². The molecule has 4 aromatic rings. The molecule has 6 rings (SSSR count). The van der Waals surface area contributed by atoms with Crippen molar-refractivity contribution in [2.45, 2.75) is 38.3 Å². The number of carboxylic acid groups (broad SMARTS) is 1. The Kier molecular flexibility index (Phi) is 5.44. The normalized spacial score (nSPS) is 17.0. The minimum atomic E-state index is -1.05. The number of carboxylic acids is 1. The first-order valence-electron chi connectivity index (χ1n) is 12.4. The molecule has 1 aliphatic heterocycles. The molecule has 0 amide bonds. The van der Waals surface area contributed by atoms with Crippen molar-refractivity contribution in [3.63, 3.8) is 0 Å². The van der Waals surface area contributed by atoms with Gasteiger partial charge in [0.05, 0.1) is 23.5 Å². The first-order chi connectivity index (χ1) is 17.9. The molecule has 7 heteroatoms. The summed E-state index contributed by atoms with van der Waals surface area (Å²) in [4.78, 5) is 21.4. The fourth-order valence-corrected chi connectivity index (χ4v) is 4.91. The van der Waals surface area contributed by atoms with E-state index in [0.29, 0.717) is 41.7 Å². The van der Waals surface area contributed by atoms with Crippen molar-refractivity contribution >= 4 is 28.8 Å². The lowest BCUT2D eigenvalue weighted by Crippen LogP contribution is -2.32. The number of nitrogens with zero attached hydrogens (tertiary/aromatic N) is 2. The van der Waals surface area contributed by atoms with Crippen molar-refractivity contribution in [1.82, 2.24) is 4.98 Å². The number of fused-ring (bicyclic) bond motifs is 1. The molecule has 37 heavy (non-hydrogen) atoms. The first-order valence-corrected chi connectivity index (χ1v) is 12.4. The minimum Gasteiger partial charge on any atom is -0.493 e. The highest BCUT2D eigenvalue weighted by atomic mass is 19.1. The number of hydrogen-bond acceptors (Lipinski definition) is 5. The van der Waals surface area contributed by atoms with Crippen molar-refractivity contribution in [2.24, 2.45) is 4.99 Å². The number of aliphatic carboxylic acids is 1. The van der Waals surface area contributed by atoms with Gasteiger partial charge in [-0.3, -0.25) is 4.99 Å². The maximum absolute atomic E-state index is 14.3. The Balaban J connectivity index is 1.53.